The summed E-state index contributed by atoms with van der Waals surface area (Å²) in [6, 6.07) is 22.4. The predicted octanol–water partition coefficient (Wildman–Crippen LogP) is 3.27. The molecule has 0 aliphatic carbocycles. The minimum absolute atomic E-state index is 0.297. The van der Waals surface area contributed by atoms with Crippen molar-refractivity contribution in [3.63, 3.8) is 0 Å². The monoisotopic (exact) mass is 401 g/mol. The number of urea groups is 1. The van der Waals surface area contributed by atoms with Crippen LogP contribution >= 0.6 is 0 Å². The summed E-state index contributed by atoms with van der Waals surface area (Å²) in [7, 11) is 1.66. The van der Waals surface area contributed by atoms with Gasteiger partial charge < -0.3 is 10.2 Å². The van der Waals surface area contributed by atoms with Crippen LogP contribution in [0.5, 0.6) is 0 Å². The molecular weight excluding hydrogens is 378 g/mol. The Morgan fingerprint density at radius 2 is 1.63 bits per heavy atom. The first kappa shape index (κ1) is 19.6. The van der Waals surface area contributed by atoms with E-state index in [0.29, 0.717) is 12.1 Å². The molecule has 0 aromatic heterocycles. The quantitative estimate of drug-likeness (QED) is 0.667. The van der Waals surface area contributed by atoms with Gasteiger partial charge in [-0.25, -0.2) is 4.79 Å². The van der Waals surface area contributed by atoms with Crippen molar-refractivity contribution in [1.29, 1.82) is 0 Å². The molecule has 0 saturated carbocycles. The highest BCUT2D eigenvalue weighted by Crippen LogP contribution is 2.33. The number of carbonyl (C=O) groups excluding carboxylic acids is 3. The number of nitrogens with one attached hydrogen (secondary N) is 1. The van der Waals surface area contributed by atoms with Crippen LogP contribution in [-0.4, -0.2) is 41.2 Å². The second-order valence-electron chi connectivity index (χ2n) is 7.71. The van der Waals surface area contributed by atoms with Crippen LogP contribution in [0.1, 0.15) is 18.1 Å². The number of fused-ring (bicyclic) bond motifs is 1. The van der Waals surface area contributed by atoms with Crippen LogP contribution in [0.25, 0.3) is 10.8 Å². The van der Waals surface area contributed by atoms with E-state index in [1.807, 2.05) is 72.8 Å². The molecule has 4 rings (SSSR count). The fraction of sp³-hybridized carbons (Fsp3) is 0.208. The van der Waals surface area contributed by atoms with E-state index in [4.69, 9.17) is 0 Å². The van der Waals surface area contributed by atoms with Gasteiger partial charge >= 0.3 is 6.03 Å². The van der Waals surface area contributed by atoms with Gasteiger partial charge in [0.1, 0.15) is 12.1 Å². The van der Waals surface area contributed by atoms with Crippen LogP contribution in [0, 0.1) is 0 Å². The fourth-order valence-electron chi connectivity index (χ4n) is 3.89. The lowest BCUT2D eigenvalue weighted by molar-refractivity contribution is -0.138. The maximum atomic E-state index is 13.3. The Hall–Kier alpha value is -3.67. The molecule has 1 heterocycles. The van der Waals surface area contributed by atoms with Gasteiger partial charge in [0, 0.05) is 13.6 Å². The molecule has 1 N–H and O–H groups in total. The topological polar surface area (TPSA) is 69.7 Å². The first-order chi connectivity index (χ1) is 14.4. The summed E-state index contributed by atoms with van der Waals surface area (Å²) < 4.78 is 0. The lowest BCUT2D eigenvalue weighted by Crippen LogP contribution is -2.43. The first-order valence-electron chi connectivity index (χ1n) is 9.80. The maximum Gasteiger partial charge on any atom is 0.325 e. The highest BCUT2D eigenvalue weighted by Gasteiger charge is 2.50. The van der Waals surface area contributed by atoms with Gasteiger partial charge in [0.15, 0.2) is 0 Å². The molecule has 0 radical (unpaired) electrons. The van der Waals surface area contributed by atoms with Crippen LogP contribution in [-0.2, 0) is 21.7 Å². The van der Waals surface area contributed by atoms with Gasteiger partial charge in [-0.1, -0.05) is 72.8 Å². The van der Waals surface area contributed by atoms with Crippen molar-refractivity contribution in [2.75, 3.05) is 13.6 Å². The van der Waals surface area contributed by atoms with Crippen LogP contribution < -0.4 is 5.32 Å². The molecule has 6 nitrogen and oxygen atoms in total. The molecule has 1 aliphatic heterocycles. The fourth-order valence-corrected chi connectivity index (χ4v) is 3.89. The molecule has 0 bridgehead atoms. The Bertz CT molecular complexity index is 1120. The van der Waals surface area contributed by atoms with E-state index in [2.05, 4.69) is 5.32 Å². The number of carbonyl (C=O) groups is 3. The predicted molar refractivity (Wildman–Crippen MR) is 114 cm³/mol. The van der Waals surface area contributed by atoms with E-state index in [-0.39, 0.29) is 12.5 Å². The summed E-state index contributed by atoms with van der Waals surface area (Å²) in [6.07, 6.45) is 0. The molecule has 152 valence electrons. The van der Waals surface area contributed by atoms with Gasteiger partial charge in [0.2, 0.25) is 5.91 Å². The first-order valence-corrected chi connectivity index (χ1v) is 9.80. The average Bonchev–Trinajstić information content (AvgIpc) is 2.97. The largest absolute Gasteiger partial charge is 0.340 e. The lowest BCUT2D eigenvalue weighted by atomic mass is 9.88. The molecule has 3 aromatic rings. The van der Waals surface area contributed by atoms with Gasteiger partial charge in [-0.2, -0.15) is 0 Å². The van der Waals surface area contributed by atoms with Crippen molar-refractivity contribution in [3.8, 4) is 0 Å². The van der Waals surface area contributed by atoms with Gasteiger partial charge in [0.05, 0.1) is 0 Å². The molecular formula is C24H23N3O3. The standard InChI is InChI=1S/C24H23N3O3/c1-24(20-14-8-12-18-11-6-7-13-19(18)20)22(29)27(23(30)25-24)16-21(28)26(2)15-17-9-4-3-5-10-17/h3-14H,15-16H2,1-2H3,(H,25,30). The molecule has 1 unspecified atom stereocenters. The van der Waals surface area contributed by atoms with Crippen molar-refractivity contribution in [2.45, 2.75) is 19.0 Å². The molecule has 6 heteroatoms. The third-order valence-corrected chi connectivity index (χ3v) is 5.58. The summed E-state index contributed by atoms with van der Waals surface area (Å²) in [5, 5.41) is 4.68. The second kappa shape index (κ2) is 7.63. The zero-order valence-corrected chi connectivity index (χ0v) is 17.0. The van der Waals surface area contributed by atoms with Crippen molar-refractivity contribution < 1.29 is 14.4 Å². The van der Waals surface area contributed by atoms with Gasteiger partial charge in [-0.05, 0) is 28.8 Å². The molecule has 1 atom stereocenters. The third-order valence-electron chi connectivity index (χ3n) is 5.58. The van der Waals surface area contributed by atoms with Crippen molar-refractivity contribution >= 4 is 28.6 Å². The second-order valence-corrected chi connectivity index (χ2v) is 7.71. The summed E-state index contributed by atoms with van der Waals surface area (Å²) >= 11 is 0. The number of amides is 4. The number of hydrogen-bond donors (Lipinski definition) is 1. The van der Waals surface area contributed by atoms with Gasteiger partial charge in [-0.3, -0.25) is 14.5 Å². The molecule has 3 aromatic carbocycles. The Balaban J connectivity index is 1.56. The number of benzene rings is 3. The van der Waals surface area contributed by atoms with Crippen molar-refractivity contribution in [3.05, 3.63) is 83.9 Å². The number of imide groups is 1. The van der Waals surface area contributed by atoms with E-state index in [1.165, 1.54) is 4.90 Å². The summed E-state index contributed by atoms with van der Waals surface area (Å²) in [5.74, 6) is -0.727. The SMILES string of the molecule is CN(Cc1ccccc1)C(=O)CN1C(=O)NC(C)(c2cccc3ccccc23)C1=O. The van der Waals surface area contributed by atoms with Crippen LogP contribution in [0.15, 0.2) is 72.8 Å². The Morgan fingerprint density at radius 3 is 2.40 bits per heavy atom. The van der Waals surface area contributed by atoms with E-state index >= 15 is 0 Å². The van der Waals surface area contributed by atoms with Crippen LogP contribution in [0.3, 0.4) is 0 Å². The highest BCUT2D eigenvalue weighted by atomic mass is 16.2. The molecule has 1 aliphatic rings. The van der Waals surface area contributed by atoms with Crippen LogP contribution in [0.2, 0.25) is 0 Å². The van der Waals surface area contributed by atoms with E-state index in [9.17, 15) is 14.4 Å². The number of rotatable bonds is 5. The summed E-state index contributed by atoms with van der Waals surface area (Å²) in [5.41, 5.74) is 0.466. The zero-order chi connectivity index (χ0) is 21.3. The molecule has 0 spiro atoms. The zero-order valence-electron chi connectivity index (χ0n) is 17.0. The average molecular weight is 401 g/mol. The maximum absolute atomic E-state index is 13.3. The minimum atomic E-state index is -1.23. The smallest absolute Gasteiger partial charge is 0.325 e. The Morgan fingerprint density at radius 1 is 0.967 bits per heavy atom. The Labute approximate surface area is 175 Å². The highest BCUT2D eigenvalue weighted by molar-refractivity contribution is 6.10. The van der Waals surface area contributed by atoms with Gasteiger partial charge in [-0.15, -0.1) is 0 Å². The lowest BCUT2D eigenvalue weighted by Gasteiger charge is -2.24. The van der Waals surface area contributed by atoms with Gasteiger partial charge in [0.25, 0.3) is 5.91 Å². The Kier molecular flexibility index (Phi) is 4.99. The molecule has 4 amide bonds. The molecule has 1 saturated heterocycles. The van der Waals surface area contributed by atoms with E-state index in [0.717, 1.165) is 21.2 Å². The van der Waals surface area contributed by atoms with E-state index in [1.54, 1.807) is 14.0 Å². The molecule has 30 heavy (non-hydrogen) atoms. The normalized spacial score (nSPS) is 18.5. The summed E-state index contributed by atoms with van der Waals surface area (Å²) in [4.78, 5) is 41.1. The number of hydrogen-bond acceptors (Lipinski definition) is 3. The van der Waals surface area contributed by atoms with Crippen LogP contribution in [0.4, 0.5) is 4.79 Å². The van der Waals surface area contributed by atoms with Crippen molar-refractivity contribution in [2.24, 2.45) is 0 Å². The van der Waals surface area contributed by atoms with E-state index < -0.39 is 17.5 Å². The molecule has 1 fully saturated rings. The van der Waals surface area contributed by atoms with Crippen molar-refractivity contribution in [1.82, 2.24) is 15.1 Å². The number of nitrogens with zero attached hydrogens (tertiary/aromatic N) is 2. The minimum Gasteiger partial charge on any atom is -0.340 e. The summed E-state index contributed by atoms with van der Waals surface area (Å²) in [6.45, 7) is 1.80. The third kappa shape index (κ3) is 3.41. The number of likely N-dealkylation sites (N-methyl/N-ethyl adjacent to an activating group) is 1.